The first kappa shape index (κ1) is 18.1. The van der Waals surface area contributed by atoms with Gasteiger partial charge in [0.25, 0.3) is 5.91 Å². The van der Waals surface area contributed by atoms with Crippen LogP contribution in [0.4, 0.5) is 14.9 Å². The van der Waals surface area contributed by atoms with E-state index in [4.69, 9.17) is 9.47 Å². The van der Waals surface area contributed by atoms with Gasteiger partial charge in [0.15, 0.2) is 6.61 Å². The zero-order chi connectivity index (χ0) is 18.1. The molecule has 0 aliphatic rings. The largest absolute Gasteiger partial charge is 0.492 e. The third kappa shape index (κ3) is 6.02. The molecule has 2 rings (SSSR count). The van der Waals surface area contributed by atoms with Crippen molar-refractivity contribution in [2.45, 2.75) is 6.92 Å². The van der Waals surface area contributed by atoms with Crippen LogP contribution in [-0.2, 0) is 4.79 Å². The fraction of sp³-hybridized carbons (Fsp3) is 0.176. The molecule has 2 aromatic rings. The smallest absolute Gasteiger partial charge is 0.338 e. The van der Waals surface area contributed by atoms with Crippen molar-refractivity contribution >= 4 is 17.6 Å². The van der Waals surface area contributed by atoms with E-state index in [0.717, 1.165) is 0 Å². The lowest BCUT2D eigenvalue weighted by atomic mass is 10.3. The van der Waals surface area contributed by atoms with Crippen LogP contribution in [0.5, 0.6) is 11.5 Å². The highest BCUT2D eigenvalue weighted by Crippen LogP contribution is 2.23. The number of hydrogen-bond acceptors (Lipinski definition) is 4. The van der Waals surface area contributed by atoms with Crippen LogP contribution < -0.4 is 25.6 Å². The van der Waals surface area contributed by atoms with Crippen LogP contribution in [0.25, 0.3) is 0 Å². The zero-order valence-electron chi connectivity index (χ0n) is 13.5. The highest BCUT2D eigenvalue weighted by molar-refractivity contribution is 5.92. The fourth-order valence-electron chi connectivity index (χ4n) is 1.85. The standard InChI is InChI=1S/C17H18FN3O4/c1-2-24-15-6-4-3-5-14(15)19-17(23)21-20-16(22)11-25-13-9-7-12(18)8-10-13/h3-10H,2,11H2,1H3,(H,20,22)(H2,19,21,23). The Morgan fingerprint density at radius 1 is 1.00 bits per heavy atom. The Hall–Kier alpha value is -3.29. The van der Waals surface area contributed by atoms with Crippen LogP contribution in [0.2, 0.25) is 0 Å². The summed E-state index contributed by atoms with van der Waals surface area (Å²) in [6.07, 6.45) is 0. The first-order chi connectivity index (χ1) is 12.1. The van der Waals surface area contributed by atoms with E-state index in [1.54, 1.807) is 24.3 Å². The zero-order valence-corrected chi connectivity index (χ0v) is 13.5. The predicted octanol–water partition coefficient (Wildman–Crippen LogP) is 2.46. The molecule has 0 bridgehead atoms. The summed E-state index contributed by atoms with van der Waals surface area (Å²) in [5.41, 5.74) is 4.87. The summed E-state index contributed by atoms with van der Waals surface area (Å²) < 4.78 is 23.3. The van der Waals surface area contributed by atoms with Gasteiger partial charge in [-0.25, -0.2) is 14.6 Å². The number of hydrazine groups is 1. The van der Waals surface area contributed by atoms with Gasteiger partial charge in [0.05, 0.1) is 12.3 Å². The van der Waals surface area contributed by atoms with Crippen LogP contribution in [0.3, 0.4) is 0 Å². The van der Waals surface area contributed by atoms with E-state index >= 15 is 0 Å². The second-order valence-electron chi connectivity index (χ2n) is 4.80. The maximum Gasteiger partial charge on any atom is 0.338 e. The van der Waals surface area contributed by atoms with Gasteiger partial charge < -0.3 is 14.8 Å². The third-order valence-electron chi connectivity index (χ3n) is 2.93. The lowest BCUT2D eigenvalue weighted by Gasteiger charge is -2.12. The second kappa shape index (κ2) is 9.11. The number of benzene rings is 2. The van der Waals surface area contributed by atoms with Crippen LogP contribution >= 0.6 is 0 Å². The maximum absolute atomic E-state index is 12.8. The first-order valence-corrected chi connectivity index (χ1v) is 7.54. The van der Waals surface area contributed by atoms with E-state index in [-0.39, 0.29) is 6.61 Å². The molecule has 0 heterocycles. The molecule has 0 atom stereocenters. The molecular formula is C17H18FN3O4. The van der Waals surface area contributed by atoms with Gasteiger partial charge in [-0.1, -0.05) is 12.1 Å². The van der Waals surface area contributed by atoms with Gasteiger partial charge in [0.1, 0.15) is 17.3 Å². The van der Waals surface area contributed by atoms with Crippen molar-refractivity contribution in [1.82, 2.24) is 10.9 Å². The Morgan fingerprint density at radius 3 is 2.44 bits per heavy atom. The summed E-state index contributed by atoms with van der Waals surface area (Å²) in [4.78, 5) is 23.4. The van der Waals surface area contributed by atoms with E-state index in [1.165, 1.54) is 24.3 Å². The van der Waals surface area contributed by atoms with Crippen LogP contribution in [-0.4, -0.2) is 25.2 Å². The molecule has 8 heteroatoms. The van der Waals surface area contributed by atoms with Crippen LogP contribution in [0.1, 0.15) is 6.92 Å². The summed E-state index contributed by atoms with van der Waals surface area (Å²) in [7, 11) is 0. The molecule has 7 nitrogen and oxygen atoms in total. The number of urea groups is 1. The van der Waals surface area contributed by atoms with E-state index in [9.17, 15) is 14.0 Å². The molecule has 0 saturated heterocycles. The normalized spacial score (nSPS) is 9.84. The van der Waals surface area contributed by atoms with E-state index < -0.39 is 17.8 Å². The third-order valence-corrected chi connectivity index (χ3v) is 2.93. The monoisotopic (exact) mass is 347 g/mol. The van der Waals surface area contributed by atoms with Crippen molar-refractivity contribution in [2.24, 2.45) is 0 Å². The molecule has 25 heavy (non-hydrogen) atoms. The molecule has 3 N–H and O–H groups in total. The fourth-order valence-corrected chi connectivity index (χ4v) is 1.85. The maximum atomic E-state index is 12.8. The summed E-state index contributed by atoms with van der Waals surface area (Å²) in [6.45, 7) is 1.96. The number of carbonyl (C=O) groups excluding carboxylic acids is 2. The quantitative estimate of drug-likeness (QED) is 0.701. The van der Waals surface area contributed by atoms with Gasteiger partial charge in [-0.05, 0) is 43.3 Å². The molecule has 0 aliphatic heterocycles. The minimum atomic E-state index is -0.637. The SMILES string of the molecule is CCOc1ccccc1NC(=O)NNC(=O)COc1ccc(F)cc1. The number of nitrogens with one attached hydrogen (secondary N) is 3. The minimum Gasteiger partial charge on any atom is -0.492 e. The minimum absolute atomic E-state index is 0.332. The molecule has 0 aromatic heterocycles. The number of para-hydroxylation sites is 2. The highest BCUT2D eigenvalue weighted by Gasteiger charge is 2.08. The van der Waals surface area contributed by atoms with Gasteiger partial charge >= 0.3 is 6.03 Å². The Morgan fingerprint density at radius 2 is 1.72 bits per heavy atom. The number of halogens is 1. The molecule has 2 aromatic carbocycles. The number of rotatable bonds is 6. The molecule has 0 unspecified atom stereocenters. The molecule has 132 valence electrons. The van der Waals surface area contributed by atoms with Crippen molar-refractivity contribution in [3.05, 3.63) is 54.3 Å². The Kier molecular flexibility index (Phi) is 6.58. The predicted molar refractivity (Wildman–Crippen MR) is 89.8 cm³/mol. The number of amides is 3. The van der Waals surface area contributed by atoms with Gasteiger partial charge in [-0.15, -0.1) is 0 Å². The van der Waals surface area contributed by atoms with Gasteiger partial charge in [0, 0.05) is 0 Å². The number of anilines is 1. The Balaban J connectivity index is 1.76. The van der Waals surface area contributed by atoms with Crippen molar-refractivity contribution in [3.63, 3.8) is 0 Å². The van der Waals surface area contributed by atoms with Crippen molar-refractivity contribution in [2.75, 3.05) is 18.5 Å². The number of ether oxygens (including phenoxy) is 2. The summed E-state index contributed by atoms with van der Waals surface area (Å²) in [6, 6.07) is 11.5. The van der Waals surface area contributed by atoms with Gasteiger partial charge in [-0.2, -0.15) is 0 Å². The van der Waals surface area contributed by atoms with E-state index in [2.05, 4.69) is 16.2 Å². The lowest BCUT2D eigenvalue weighted by Crippen LogP contribution is -2.45. The molecule has 0 aliphatic carbocycles. The van der Waals surface area contributed by atoms with Crippen LogP contribution in [0.15, 0.2) is 48.5 Å². The van der Waals surface area contributed by atoms with Crippen molar-refractivity contribution in [3.8, 4) is 11.5 Å². The topological polar surface area (TPSA) is 88.7 Å². The van der Waals surface area contributed by atoms with Crippen molar-refractivity contribution in [1.29, 1.82) is 0 Å². The Bertz CT molecular complexity index is 722. The highest BCUT2D eigenvalue weighted by atomic mass is 19.1. The Labute approximate surface area is 144 Å². The molecule has 0 fully saturated rings. The number of carbonyl (C=O) groups is 2. The molecule has 0 saturated carbocycles. The van der Waals surface area contributed by atoms with Gasteiger partial charge in [0.2, 0.25) is 0 Å². The summed E-state index contributed by atoms with van der Waals surface area (Å²) in [5.74, 6) is -0.113. The van der Waals surface area contributed by atoms with E-state index in [0.29, 0.717) is 23.8 Å². The first-order valence-electron chi connectivity index (χ1n) is 7.54. The molecule has 3 amide bonds. The molecular weight excluding hydrogens is 329 g/mol. The summed E-state index contributed by atoms with van der Waals surface area (Å²) >= 11 is 0. The molecule has 0 radical (unpaired) electrons. The van der Waals surface area contributed by atoms with Crippen molar-refractivity contribution < 1.29 is 23.5 Å². The lowest BCUT2D eigenvalue weighted by molar-refractivity contribution is -0.123. The average molecular weight is 347 g/mol. The molecule has 0 spiro atoms. The van der Waals surface area contributed by atoms with Gasteiger partial charge in [-0.3, -0.25) is 10.2 Å². The van der Waals surface area contributed by atoms with E-state index in [1.807, 2.05) is 6.92 Å². The second-order valence-corrected chi connectivity index (χ2v) is 4.80. The number of hydrogen-bond donors (Lipinski definition) is 3. The summed E-state index contributed by atoms with van der Waals surface area (Å²) in [5, 5.41) is 2.56. The average Bonchev–Trinajstić information content (AvgIpc) is 2.61. The van der Waals surface area contributed by atoms with Crippen LogP contribution in [0, 0.1) is 5.82 Å².